The van der Waals surface area contributed by atoms with Crippen LogP contribution in [-0.2, 0) is 16.0 Å². The standard InChI is InChI=1S/C19H23N3O2/c20-18(23)17(22-19(24)14-7-2-1-3-8-14)12-15-11-10-13-6-4-5-9-16(13)21-15/h4-6,9-11,14,17H,1-3,7-8,12H2,(H2,20,23)(H,22,24)/t17-/m0/s1. The van der Waals surface area contributed by atoms with Crippen LogP contribution < -0.4 is 11.1 Å². The maximum Gasteiger partial charge on any atom is 0.240 e. The average molecular weight is 325 g/mol. The summed E-state index contributed by atoms with van der Waals surface area (Å²) in [4.78, 5) is 28.7. The molecule has 0 aliphatic heterocycles. The van der Waals surface area contributed by atoms with Crippen molar-refractivity contribution in [1.29, 1.82) is 0 Å². The van der Waals surface area contributed by atoms with Gasteiger partial charge in [-0.25, -0.2) is 0 Å². The number of hydrogen-bond donors (Lipinski definition) is 2. The lowest BCUT2D eigenvalue weighted by Crippen LogP contribution is -2.48. The summed E-state index contributed by atoms with van der Waals surface area (Å²) in [5.74, 6) is -0.571. The first kappa shape index (κ1) is 16.4. The Bertz CT molecular complexity index is 738. The van der Waals surface area contributed by atoms with E-state index >= 15 is 0 Å². The number of benzene rings is 1. The van der Waals surface area contributed by atoms with Crippen molar-refractivity contribution in [3.8, 4) is 0 Å². The molecule has 0 bridgehead atoms. The van der Waals surface area contributed by atoms with E-state index in [0.717, 1.165) is 42.3 Å². The quantitative estimate of drug-likeness (QED) is 0.885. The molecule has 1 aliphatic carbocycles. The van der Waals surface area contributed by atoms with E-state index in [4.69, 9.17) is 5.73 Å². The number of carbonyl (C=O) groups excluding carboxylic acids is 2. The Hall–Kier alpha value is -2.43. The van der Waals surface area contributed by atoms with Crippen LogP contribution in [0.1, 0.15) is 37.8 Å². The zero-order valence-corrected chi connectivity index (χ0v) is 13.7. The number of aromatic nitrogens is 1. The Morgan fingerprint density at radius 3 is 2.62 bits per heavy atom. The van der Waals surface area contributed by atoms with E-state index < -0.39 is 11.9 Å². The number of para-hydroxylation sites is 1. The summed E-state index contributed by atoms with van der Waals surface area (Å²) in [7, 11) is 0. The number of carbonyl (C=O) groups is 2. The molecule has 3 N–H and O–H groups in total. The van der Waals surface area contributed by atoms with Crippen molar-refractivity contribution in [2.75, 3.05) is 0 Å². The van der Waals surface area contributed by atoms with Crippen LogP contribution in [0.5, 0.6) is 0 Å². The normalized spacial score (nSPS) is 16.7. The summed E-state index contributed by atoms with van der Waals surface area (Å²) in [5.41, 5.74) is 7.12. The van der Waals surface area contributed by atoms with E-state index in [1.165, 1.54) is 6.42 Å². The number of rotatable bonds is 5. The third-order valence-corrected chi connectivity index (χ3v) is 4.71. The molecule has 1 heterocycles. The van der Waals surface area contributed by atoms with Gasteiger partial charge in [0.05, 0.1) is 5.52 Å². The van der Waals surface area contributed by atoms with Gasteiger partial charge in [0, 0.05) is 23.4 Å². The molecule has 1 aromatic heterocycles. The molecule has 2 aromatic rings. The molecule has 1 saturated carbocycles. The highest BCUT2D eigenvalue weighted by molar-refractivity contribution is 5.88. The predicted molar refractivity (Wildman–Crippen MR) is 93.1 cm³/mol. The number of nitrogens with two attached hydrogens (primary N) is 1. The summed E-state index contributed by atoms with van der Waals surface area (Å²) in [6.45, 7) is 0. The first-order chi connectivity index (χ1) is 11.6. The van der Waals surface area contributed by atoms with Gasteiger partial charge in [-0.15, -0.1) is 0 Å². The molecule has 5 heteroatoms. The third-order valence-electron chi connectivity index (χ3n) is 4.71. The molecule has 0 radical (unpaired) electrons. The fraction of sp³-hybridized carbons (Fsp3) is 0.421. The van der Waals surface area contributed by atoms with Gasteiger partial charge in [-0.05, 0) is 25.0 Å². The number of hydrogen-bond acceptors (Lipinski definition) is 3. The zero-order valence-electron chi connectivity index (χ0n) is 13.7. The summed E-state index contributed by atoms with van der Waals surface area (Å²) in [6.07, 6.45) is 5.44. The number of amides is 2. The van der Waals surface area contributed by atoms with Crippen LogP contribution in [-0.4, -0.2) is 22.8 Å². The highest BCUT2D eigenvalue weighted by Gasteiger charge is 2.26. The maximum atomic E-state index is 12.4. The SMILES string of the molecule is NC(=O)[C@H](Cc1ccc2ccccc2n1)NC(=O)C1CCCCC1. The second kappa shape index (κ2) is 7.43. The van der Waals surface area contributed by atoms with Gasteiger partial charge < -0.3 is 11.1 Å². The number of nitrogens with one attached hydrogen (secondary N) is 1. The minimum Gasteiger partial charge on any atom is -0.368 e. The van der Waals surface area contributed by atoms with Crippen molar-refractivity contribution in [3.63, 3.8) is 0 Å². The fourth-order valence-electron chi connectivity index (χ4n) is 3.31. The van der Waals surface area contributed by atoms with E-state index in [1.54, 1.807) is 0 Å². The Labute approximate surface area is 141 Å². The van der Waals surface area contributed by atoms with Crippen molar-refractivity contribution >= 4 is 22.7 Å². The van der Waals surface area contributed by atoms with E-state index in [0.29, 0.717) is 6.42 Å². The second-order valence-electron chi connectivity index (χ2n) is 6.50. The van der Waals surface area contributed by atoms with Crippen LogP contribution >= 0.6 is 0 Å². The zero-order chi connectivity index (χ0) is 16.9. The Morgan fingerprint density at radius 2 is 1.88 bits per heavy atom. The van der Waals surface area contributed by atoms with Crippen molar-refractivity contribution in [3.05, 3.63) is 42.1 Å². The molecule has 1 aliphatic rings. The monoisotopic (exact) mass is 325 g/mol. The molecule has 1 atom stereocenters. The van der Waals surface area contributed by atoms with Gasteiger partial charge >= 0.3 is 0 Å². The molecular weight excluding hydrogens is 302 g/mol. The average Bonchev–Trinajstić information content (AvgIpc) is 2.61. The Balaban J connectivity index is 1.70. The third kappa shape index (κ3) is 3.91. The van der Waals surface area contributed by atoms with Gasteiger partial charge in [-0.2, -0.15) is 0 Å². The van der Waals surface area contributed by atoms with Gasteiger partial charge in [0.15, 0.2) is 0 Å². The van der Waals surface area contributed by atoms with Gasteiger partial charge in [-0.3, -0.25) is 14.6 Å². The van der Waals surface area contributed by atoms with Crippen molar-refractivity contribution in [1.82, 2.24) is 10.3 Å². The molecule has 1 fully saturated rings. The molecule has 0 spiro atoms. The van der Waals surface area contributed by atoms with Crippen molar-refractivity contribution in [2.45, 2.75) is 44.6 Å². The maximum absolute atomic E-state index is 12.4. The highest BCUT2D eigenvalue weighted by Crippen LogP contribution is 2.23. The highest BCUT2D eigenvalue weighted by atomic mass is 16.2. The first-order valence-electron chi connectivity index (χ1n) is 8.58. The largest absolute Gasteiger partial charge is 0.368 e. The van der Waals surface area contributed by atoms with E-state index in [9.17, 15) is 9.59 Å². The lowest BCUT2D eigenvalue weighted by atomic mass is 9.88. The van der Waals surface area contributed by atoms with Crippen molar-refractivity contribution < 1.29 is 9.59 Å². The molecular formula is C19H23N3O2. The van der Waals surface area contributed by atoms with E-state index in [2.05, 4.69) is 10.3 Å². The lowest BCUT2D eigenvalue weighted by molar-refractivity contribution is -0.130. The minimum absolute atomic E-state index is 0.00478. The topological polar surface area (TPSA) is 85.1 Å². The molecule has 3 rings (SSSR count). The number of nitrogens with zero attached hydrogens (tertiary/aromatic N) is 1. The van der Waals surface area contributed by atoms with Crippen LogP contribution in [0.15, 0.2) is 36.4 Å². The van der Waals surface area contributed by atoms with Crippen LogP contribution in [0.25, 0.3) is 10.9 Å². The number of fused-ring (bicyclic) bond motifs is 1. The Morgan fingerprint density at radius 1 is 1.12 bits per heavy atom. The molecule has 5 nitrogen and oxygen atoms in total. The van der Waals surface area contributed by atoms with E-state index in [-0.39, 0.29) is 11.8 Å². The van der Waals surface area contributed by atoms with E-state index in [1.807, 2.05) is 36.4 Å². The predicted octanol–water partition coefficient (Wildman–Crippen LogP) is 2.33. The van der Waals surface area contributed by atoms with Crippen LogP contribution in [0, 0.1) is 5.92 Å². The number of primary amides is 1. The van der Waals surface area contributed by atoms with Crippen molar-refractivity contribution in [2.24, 2.45) is 11.7 Å². The van der Waals surface area contributed by atoms with Gasteiger partial charge in [-0.1, -0.05) is 43.5 Å². The lowest BCUT2D eigenvalue weighted by Gasteiger charge is -2.23. The molecule has 126 valence electrons. The summed E-state index contributed by atoms with van der Waals surface area (Å²) >= 11 is 0. The smallest absolute Gasteiger partial charge is 0.240 e. The van der Waals surface area contributed by atoms with Gasteiger partial charge in [0.25, 0.3) is 0 Å². The summed E-state index contributed by atoms with van der Waals surface area (Å²) in [5, 5.41) is 3.87. The molecule has 2 amide bonds. The summed E-state index contributed by atoms with van der Waals surface area (Å²) in [6, 6.07) is 10.9. The Kier molecular flexibility index (Phi) is 5.08. The minimum atomic E-state index is -0.715. The summed E-state index contributed by atoms with van der Waals surface area (Å²) < 4.78 is 0. The van der Waals surface area contributed by atoms with Gasteiger partial charge in [0.1, 0.15) is 6.04 Å². The first-order valence-corrected chi connectivity index (χ1v) is 8.58. The second-order valence-corrected chi connectivity index (χ2v) is 6.50. The van der Waals surface area contributed by atoms with Crippen LogP contribution in [0.4, 0.5) is 0 Å². The number of pyridine rings is 1. The van der Waals surface area contributed by atoms with Crippen LogP contribution in [0.3, 0.4) is 0 Å². The fourth-order valence-corrected chi connectivity index (χ4v) is 3.31. The van der Waals surface area contributed by atoms with Crippen LogP contribution in [0.2, 0.25) is 0 Å². The molecule has 0 unspecified atom stereocenters. The molecule has 24 heavy (non-hydrogen) atoms. The molecule has 0 saturated heterocycles. The molecule has 1 aromatic carbocycles. The van der Waals surface area contributed by atoms with Gasteiger partial charge in [0.2, 0.25) is 11.8 Å².